The predicted octanol–water partition coefficient (Wildman–Crippen LogP) is 15.0. The summed E-state index contributed by atoms with van der Waals surface area (Å²) in [6, 6.07) is 25.0. The van der Waals surface area contributed by atoms with E-state index >= 15 is 0 Å². The number of amides is 1. The summed E-state index contributed by atoms with van der Waals surface area (Å²) < 4.78 is 68.7. The van der Waals surface area contributed by atoms with Crippen LogP contribution in [-0.4, -0.2) is 148 Å². The molecule has 0 unspecified atom stereocenters. The maximum Gasteiger partial charge on any atom is 0.252 e. The van der Waals surface area contributed by atoms with Crippen LogP contribution in [0, 0.1) is 5.82 Å². The zero-order valence-corrected chi connectivity index (χ0v) is 64.7. The van der Waals surface area contributed by atoms with Crippen LogP contribution in [-0.2, 0) is 31.4 Å². The van der Waals surface area contributed by atoms with Crippen molar-refractivity contribution in [2.45, 2.75) is 105 Å². The number of hydrogen-bond acceptors (Lipinski definition) is 26. The Morgan fingerprint density at radius 2 is 1.08 bits per heavy atom. The lowest BCUT2D eigenvalue weighted by atomic mass is 10.2. The molecule has 39 heteroatoms. The molecule has 4 aliphatic carbocycles. The van der Waals surface area contributed by atoms with E-state index in [1.165, 1.54) is 117 Å². The van der Waals surface area contributed by atoms with E-state index in [2.05, 4.69) is 112 Å². The number of anilines is 8. The second-order valence-corrected chi connectivity index (χ2v) is 34.5. The van der Waals surface area contributed by atoms with E-state index in [0.29, 0.717) is 145 Å². The average Bonchev–Trinajstić information content (AvgIpc) is 1.71. The van der Waals surface area contributed by atoms with E-state index in [1.54, 1.807) is 42.6 Å². The minimum atomic E-state index is -3.66. The third-order valence-electron chi connectivity index (χ3n) is 17.4. The Kier molecular flexibility index (Phi) is 23.6. The molecule has 1 aliphatic heterocycles. The van der Waals surface area contributed by atoms with Gasteiger partial charge in [-0.15, -0.1) is 34.0 Å². The van der Waals surface area contributed by atoms with Gasteiger partial charge in [0.05, 0.1) is 61.4 Å². The highest BCUT2D eigenvalue weighted by atomic mass is 35.5. The molecule has 0 spiro atoms. The zero-order valence-electron chi connectivity index (χ0n) is 58.3. The van der Waals surface area contributed by atoms with Gasteiger partial charge in [0.1, 0.15) is 19.3 Å². The van der Waals surface area contributed by atoms with E-state index in [-0.39, 0.29) is 48.3 Å². The highest BCUT2D eigenvalue weighted by molar-refractivity contribution is 7.91. The summed E-state index contributed by atoms with van der Waals surface area (Å²) in [5.41, 5.74) is 11.2. The van der Waals surface area contributed by atoms with E-state index in [0.717, 1.165) is 60.6 Å². The van der Waals surface area contributed by atoms with Crippen LogP contribution in [0.4, 0.5) is 50.8 Å². The number of H-pyrrole nitrogens is 4. The van der Waals surface area contributed by atoms with Crippen molar-refractivity contribution in [1.82, 2.24) is 95.1 Å². The second kappa shape index (κ2) is 33.7. The second-order valence-electron chi connectivity index (χ2n) is 26.0. The average molecular weight is 1640 g/mol. The first-order chi connectivity index (χ1) is 52.6. The predicted molar refractivity (Wildman–Crippen MR) is 432 cm³/mol. The lowest BCUT2D eigenvalue weighted by molar-refractivity contribution is -0.119. The first-order valence-electron chi connectivity index (χ1n) is 34.7. The van der Waals surface area contributed by atoms with Crippen LogP contribution in [0.5, 0.6) is 0 Å². The number of nitrogens with zero attached hydrogens (tertiary/aromatic N) is 12. The molecule has 12 aromatic rings. The number of Topliss-reactive ketones (excluding diaryl/α,β-unsaturated/α-hetero) is 1. The summed E-state index contributed by atoms with van der Waals surface area (Å²) >= 11 is 22.7. The Labute approximate surface area is 660 Å². The molecular formula is C70H84Cl3FN24O6S5. The summed E-state index contributed by atoms with van der Waals surface area (Å²) in [5.74, 6) is 6.84. The molecule has 0 atom stereocenters. The molecule has 30 nitrogen and oxygen atoms in total. The number of nitrogens with two attached hydrogens (primary N) is 1. The molecule has 13 N–H and O–H groups in total. The number of hydrogen-bond donors (Lipinski definition) is 12. The summed E-state index contributed by atoms with van der Waals surface area (Å²) in [6.45, 7) is 6.12. The third-order valence-corrected chi connectivity index (χ3v) is 25.4. The van der Waals surface area contributed by atoms with Crippen LogP contribution in [0.3, 0.4) is 0 Å². The molecule has 0 radical (unpaired) electrons. The SMILES string of the molecule is CC(=O)NCc1ccc(-c2ncc(Cl)c(Nc3cc(C4CC4)[nH]n3)n2)s1.CC(=O)c1ccc(-c2ncc(F)c(Nc3c[nH]c(C4CC4)c3)n2)s1.NCCNS(=O)(=O)c1cccc(-c2ncc(Cl)c(Nc3cc(C4CC4)[nH]n3)n2)c1.O=S(=O)(c1ccc(-c2ncc(Cl)c(Nc3cc(C4CC4)[nH]n3)n2)s1)N1CCNCC1.[HH].[HH].[HH].[HH].[HH].[HH]. The van der Waals surface area contributed by atoms with Gasteiger partial charge in [-0.3, -0.25) is 24.9 Å². The van der Waals surface area contributed by atoms with Gasteiger partial charge in [-0.25, -0.2) is 65.8 Å². The number of thiophene rings is 3. The molecule has 5 fully saturated rings. The standard InChI is InChI=1S/C18H20ClN7O2S2.C18H20ClN7O2S.C17H17ClN6OS.C17H15FN4OS.6H2/c19-12-10-21-18(23-17(12)22-15-9-13(24-25-15)11-1-2-11)14-3-4-16(29-14)30(27,28)26-7-5-20-6-8-26;19-14-10-21-17(12-2-1-3-13(8-12)29(27,28)22-7-6-20)24-18(14)23-16-9-15(25-26-16)11-4-5-11;1-9(25)19-7-11-4-5-14(26-11)17-20-8-12(18)16(22-17)21-15-6-13(23-24-15)10-2-3-10;1-9(23)14-4-5-15(24-14)17-20-8-12(18)16(22-17)21-11-6-13(19-7-11)10-2-3-10;;;;;;/h3-4,9-11,20H,1-2,5-8H2,(H2,21,22,23,24,25);1-3,8-11,22H,4-7,20H2,(H2,21,23,24,25,26);4-6,8,10H,2-3,7H2,1H3,(H,19,25)(H2,20,21,22,23,24);4-8,10,19H,2-3H2,1H3,(H,20,21,22);6*1H. The van der Waals surface area contributed by atoms with Crippen LogP contribution in [0.15, 0.2) is 125 Å². The first-order valence-corrected chi connectivity index (χ1v) is 41.2. The Balaban J connectivity index is 0.000000189. The Morgan fingerprint density at radius 3 is 1.61 bits per heavy atom. The number of halogens is 4. The van der Waals surface area contributed by atoms with Gasteiger partial charge in [-0.1, -0.05) is 46.9 Å². The van der Waals surface area contributed by atoms with Gasteiger partial charge >= 0.3 is 0 Å². The van der Waals surface area contributed by atoms with E-state index in [4.69, 9.17) is 40.5 Å². The number of rotatable bonds is 25. The maximum atomic E-state index is 14.0. The zero-order chi connectivity index (χ0) is 75.9. The van der Waals surface area contributed by atoms with Crippen LogP contribution in [0.25, 0.3) is 43.5 Å². The normalized spacial score (nSPS) is 15.0. The number of sulfonamides is 2. The number of benzene rings is 1. The van der Waals surface area contributed by atoms with Gasteiger partial charge in [0.25, 0.3) is 10.0 Å². The van der Waals surface area contributed by atoms with Gasteiger partial charge in [0.15, 0.2) is 75.6 Å². The molecule has 0 bridgehead atoms. The summed E-state index contributed by atoms with van der Waals surface area (Å²) in [4.78, 5) is 64.3. The number of ketones is 1. The van der Waals surface area contributed by atoms with E-state index < -0.39 is 25.9 Å². The van der Waals surface area contributed by atoms with Crippen LogP contribution in [0.1, 0.15) is 135 Å². The molecule has 109 heavy (non-hydrogen) atoms. The topological polar surface area (TPSA) is 421 Å². The van der Waals surface area contributed by atoms with Gasteiger partial charge in [0.2, 0.25) is 15.9 Å². The molecule has 1 aromatic carbocycles. The fraction of sp³-hybridized carbons (Fsp3) is 0.300. The fourth-order valence-corrected chi connectivity index (χ4v) is 17.1. The lowest BCUT2D eigenvalue weighted by Crippen LogP contribution is -2.46. The minimum Gasteiger partial charge on any atom is -0.363 e. The van der Waals surface area contributed by atoms with Crippen molar-refractivity contribution in [2.24, 2.45) is 5.73 Å². The Bertz CT molecular complexity index is 5530. The first kappa shape index (κ1) is 76.2. The molecule has 1 amide bonds. The molecule has 12 heterocycles. The molecule has 578 valence electrons. The number of piperazine rings is 1. The highest BCUT2D eigenvalue weighted by Gasteiger charge is 2.31. The van der Waals surface area contributed by atoms with Crippen molar-refractivity contribution in [3.05, 3.63) is 169 Å². The van der Waals surface area contributed by atoms with E-state index in [1.807, 2.05) is 42.6 Å². The number of nitrogens with one attached hydrogen (secondary N) is 11. The molecule has 4 saturated carbocycles. The maximum absolute atomic E-state index is 14.0. The highest BCUT2D eigenvalue weighted by Crippen LogP contribution is 2.44. The smallest absolute Gasteiger partial charge is 0.252 e. The summed E-state index contributed by atoms with van der Waals surface area (Å²) in [6.07, 6.45) is 17.0. The van der Waals surface area contributed by atoms with Crippen LogP contribution < -0.4 is 42.4 Å². The molecule has 11 aromatic heterocycles. The van der Waals surface area contributed by atoms with Crippen molar-refractivity contribution in [3.63, 3.8) is 0 Å². The largest absolute Gasteiger partial charge is 0.363 e. The quantitative estimate of drug-likeness (QED) is 0.0236. The fourth-order valence-electron chi connectivity index (χ4n) is 11.1. The van der Waals surface area contributed by atoms with Crippen molar-refractivity contribution in [2.75, 3.05) is 60.5 Å². The third kappa shape index (κ3) is 19.7. The molecule has 1 saturated heterocycles. The van der Waals surface area contributed by atoms with Gasteiger partial charge < -0.3 is 42.6 Å². The molecular weight excluding hydrogens is 1560 g/mol. The van der Waals surface area contributed by atoms with Crippen molar-refractivity contribution < 1.29 is 39.4 Å². The molecule has 17 rings (SSSR count). The van der Waals surface area contributed by atoms with Gasteiger partial charge in [0, 0.05) is 130 Å². The summed E-state index contributed by atoms with van der Waals surface area (Å²) in [5, 5.41) is 41.3. The Morgan fingerprint density at radius 1 is 0.587 bits per heavy atom. The lowest BCUT2D eigenvalue weighted by Gasteiger charge is -2.25. The van der Waals surface area contributed by atoms with E-state index in [9.17, 15) is 30.8 Å². The monoisotopic (exact) mass is 1640 g/mol. The number of carbonyl (C=O) groups is 2. The van der Waals surface area contributed by atoms with Crippen molar-refractivity contribution in [3.8, 4) is 43.5 Å². The van der Waals surface area contributed by atoms with Gasteiger partial charge in [-0.2, -0.15) is 19.6 Å². The number of aromatic amines is 4. The van der Waals surface area contributed by atoms with Gasteiger partial charge in [-0.05, 0) is 119 Å². The Hall–Kier alpha value is -9.57. The van der Waals surface area contributed by atoms with Crippen LogP contribution >= 0.6 is 68.8 Å². The van der Waals surface area contributed by atoms with Crippen LogP contribution in [0.2, 0.25) is 15.1 Å². The number of carbonyl (C=O) groups excluding carboxylic acids is 2. The summed E-state index contributed by atoms with van der Waals surface area (Å²) in [7, 11) is -7.18. The minimum absolute atomic E-state index is 0. The van der Waals surface area contributed by atoms with Crippen molar-refractivity contribution >= 4 is 147 Å². The number of aromatic nitrogens is 15. The van der Waals surface area contributed by atoms with Crippen molar-refractivity contribution in [1.29, 1.82) is 0 Å². The molecule has 5 aliphatic rings.